The van der Waals surface area contributed by atoms with Gasteiger partial charge in [-0.3, -0.25) is 14.5 Å². The molecule has 5 heteroatoms. The summed E-state index contributed by atoms with van der Waals surface area (Å²) in [6, 6.07) is 3.89. The van der Waals surface area contributed by atoms with Crippen LogP contribution >= 0.6 is 0 Å². The first-order valence-corrected chi connectivity index (χ1v) is 7.59. The number of nitrogens with one attached hydrogen (secondary N) is 1. The van der Waals surface area contributed by atoms with Gasteiger partial charge in [0.15, 0.2) is 0 Å². The van der Waals surface area contributed by atoms with Crippen molar-refractivity contribution >= 4 is 5.91 Å². The Balaban J connectivity index is 1.70. The molecule has 2 aromatic rings. The van der Waals surface area contributed by atoms with Gasteiger partial charge >= 0.3 is 0 Å². The smallest absolute Gasteiger partial charge is 0.223 e. The number of amides is 1. The van der Waals surface area contributed by atoms with Crippen LogP contribution in [0.2, 0.25) is 0 Å². The van der Waals surface area contributed by atoms with E-state index in [1.165, 1.54) is 0 Å². The molecule has 1 aliphatic rings. The molecule has 0 aromatic carbocycles. The lowest BCUT2D eigenvalue weighted by atomic mass is 9.93. The molecule has 1 atom stereocenters. The molecule has 1 unspecified atom stereocenters. The van der Waals surface area contributed by atoms with Gasteiger partial charge in [0, 0.05) is 37.5 Å². The van der Waals surface area contributed by atoms with Crippen molar-refractivity contribution in [2.45, 2.75) is 25.8 Å². The molecule has 0 fully saturated rings. The van der Waals surface area contributed by atoms with E-state index in [0.29, 0.717) is 6.54 Å². The van der Waals surface area contributed by atoms with Crippen LogP contribution < -0.4 is 5.32 Å². The Hall–Kier alpha value is -2.43. The second-order valence-electron chi connectivity index (χ2n) is 5.61. The van der Waals surface area contributed by atoms with Crippen LogP contribution in [0.3, 0.4) is 0 Å². The minimum absolute atomic E-state index is 0.100. The largest absolute Gasteiger partial charge is 0.352 e. The molecule has 0 saturated heterocycles. The fraction of sp³-hybridized carbons (Fsp3) is 0.353. The number of rotatable bonds is 4. The van der Waals surface area contributed by atoms with Crippen molar-refractivity contribution in [2.24, 2.45) is 13.0 Å². The fourth-order valence-electron chi connectivity index (χ4n) is 2.74. The highest BCUT2D eigenvalue weighted by Crippen LogP contribution is 2.21. The van der Waals surface area contributed by atoms with Gasteiger partial charge in [-0.15, -0.1) is 0 Å². The van der Waals surface area contributed by atoms with Gasteiger partial charge in [0.1, 0.15) is 0 Å². The highest BCUT2D eigenvalue weighted by atomic mass is 16.1. The maximum Gasteiger partial charge on any atom is 0.223 e. The zero-order chi connectivity index (χ0) is 15.4. The van der Waals surface area contributed by atoms with Crippen molar-refractivity contribution in [1.29, 1.82) is 0 Å². The monoisotopic (exact) mass is 296 g/mol. The second-order valence-corrected chi connectivity index (χ2v) is 5.61. The quantitative estimate of drug-likeness (QED) is 0.882. The van der Waals surface area contributed by atoms with Gasteiger partial charge < -0.3 is 5.32 Å². The van der Waals surface area contributed by atoms with Gasteiger partial charge in [-0.2, -0.15) is 5.10 Å². The molecule has 3 rings (SSSR count). The maximum absolute atomic E-state index is 12.2. The molecule has 114 valence electrons. The van der Waals surface area contributed by atoms with E-state index >= 15 is 0 Å². The lowest BCUT2D eigenvalue weighted by Gasteiger charge is -2.17. The molecule has 0 spiro atoms. The number of hydrogen-bond donors (Lipinski definition) is 1. The van der Waals surface area contributed by atoms with Gasteiger partial charge in [-0.1, -0.05) is 18.2 Å². The number of hydrogen-bond acceptors (Lipinski definition) is 3. The normalized spacial score (nSPS) is 17.4. The van der Waals surface area contributed by atoms with Crippen LogP contribution in [0.4, 0.5) is 0 Å². The highest BCUT2D eigenvalue weighted by molar-refractivity contribution is 5.79. The molecule has 5 nitrogen and oxygen atoms in total. The summed E-state index contributed by atoms with van der Waals surface area (Å²) in [5.74, 6) is 0.230. The van der Waals surface area contributed by atoms with E-state index in [9.17, 15) is 4.79 Å². The lowest BCUT2D eigenvalue weighted by Crippen LogP contribution is -2.30. The Kier molecular flexibility index (Phi) is 4.32. The summed E-state index contributed by atoms with van der Waals surface area (Å²) >= 11 is 0. The van der Waals surface area contributed by atoms with Crippen LogP contribution in [-0.2, 0) is 18.4 Å². The topological polar surface area (TPSA) is 59.8 Å². The summed E-state index contributed by atoms with van der Waals surface area (Å²) in [5, 5.41) is 7.23. The molecule has 1 N–H and O–H groups in total. The number of aromatic nitrogens is 3. The Morgan fingerprint density at radius 2 is 2.36 bits per heavy atom. The molecular formula is C17H20N4O. The van der Waals surface area contributed by atoms with Crippen molar-refractivity contribution in [3.63, 3.8) is 0 Å². The van der Waals surface area contributed by atoms with Crippen LogP contribution in [-0.4, -0.2) is 20.7 Å². The van der Waals surface area contributed by atoms with Gasteiger partial charge in [0.25, 0.3) is 0 Å². The molecular weight excluding hydrogens is 276 g/mol. The van der Waals surface area contributed by atoms with Gasteiger partial charge in [0.05, 0.1) is 11.9 Å². The molecule has 0 bridgehead atoms. The number of allylic oxidation sites excluding steroid dienone is 2. The van der Waals surface area contributed by atoms with E-state index < -0.39 is 0 Å². The zero-order valence-electron chi connectivity index (χ0n) is 12.7. The third kappa shape index (κ3) is 3.24. The number of carbonyl (C=O) groups excluding carboxylic acids is 1. The summed E-state index contributed by atoms with van der Waals surface area (Å²) in [6.45, 7) is 0.497. The number of nitrogens with zero attached hydrogens (tertiary/aromatic N) is 3. The molecule has 2 aromatic heterocycles. The van der Waals surface area contributed by atoms with Crippen LogP contribution in [0.25, 0.3) is 11.3 Å². The Morgan fingerprint density at radius 1 is 1.45 bits per heavy atom. The molecule has 0 aliphatic heterocycles. The lowest BCUT2D eigenvalue weighted by molar-refractivity contribution is -0.125. The van der Waals surface area contributed by atoms with Crippen LogP contribution in [0.5, 0.6) is 0 Å². The third-order valence-electron chi connectivity index (χ3n) is 3.96. The molecule has 0 saturated carbocycles. The number of aryl methyl sites for hydroxylation is 1. The summed E-state index contributed by atoms with van der Waals surface area (Å²) in [7, 11) is 1.88. The summed E-state index contributed by atoms with van der Waals surface area (Å²) in [6.07, 6.45) is 12.5. The average Bonchev–Trinajstić information content (AvgIpc) is 3.00. The molecule has 2 heterocycles. The standard InChI is InChI=1S/C17H20N4O/c1-21-12-15(11-20-21)16-14(8-5-9-18-16)10-19-17(22)13-6-3-2-4-7-13/h2-3,5,8-9,11-13H,4,6-7,10H2,1H3,(H,19,22). The third-order valence-corrected chi connectivity index (χ3v) is 3.96. The van der Waals surface area contributed by atoms with E-state index in [0.717, 1.165) is 36.1 Å². The number of carbonyl (C=O) groups is 1. The van der Waals surface area contributed by atoms with Crippen molar-refractivity contribution < 1.29 is 4.79 Å². The van der Waals surface area contributed by atoms with Gasteiger partial charge in [0.2, 0.25) is 5.91 Å². The Bertz CT molecular complexity index is 689. The minimum atomic E-state index is 0.100. The molecule has 0 radical (unpaired) electrons. The first-order chi connectivity index (χ1) is 10.7. The van der Waals surface area contributed by atoms with Crippen molar-refractivity contribution in [1.82, 2.24) is 20.1 Å². The predicted molar refractivity (Wildman–Crippen MR) is 84.8 cm³/mol. The highest BCUT2D eigenvalue weighted by Gasteiger charge is 2.18. The van der Waals surface area contributed by atoms with Gasteiger partial charge in [-0.05, 0) is 30.9 Å². The minimum Gasteiger partial charge on any atom is -0.352 e. The van der Waals surface area contributed by atoms with E-state index in [-0.39, 0.29) is 11.8 Å². The van der Waals surface area contributed by atoms with Crippen LogP contribution in [0, 0.1) is 5.92 Å². The van der Waals surface area contributed by atoms with Crippen molar-refractivity contribution in [2.75, 3.05) is 0 Å². The van der Waals surface area contributed by atoms with Gasteiger partial charge in [-0.25, -0.2) is 0 Å². The Morgan fingerprint density at radius 3 is 3.09 bits per heavy atom. The predicted octanol–water partition coefficient (Wildman–Crippen LogP) is 2.45. The first kappa shape index (κ1) is 14.5. The van der Waals surface area contributed by atoms with E-state index in [1.807, 2.05) is 25.4 Å². The average molecular weight is 296 g/mol. The van der Waals surface area contributed by atoms with E-state index in [2.05, 4.69) is 27.6 Å². The van der Waals surface area contributed by atoms with E-state index in [4.69, 9.17) is 0 Å². The molecule has 1 amide bonds. The second kappa shape index (κ2) is 6.56. The summed E-state index contributed by atoms with van der Waals surface area (Å²) < 4.78 is 1.75. The first-order valence-electron chi connectivity index (χ1n) is 7.59. The summed E-state index contributed by atoms with van der Waals surface area (Å²) in [5.41, 5.74) is 2.85. The van der Waals surface area contributed by atoms with Crippen LogP contribution in [0.15, 0.2) is 42.9 Å². The molecule has 22 heavy (non-hydrogen) atoms. The van der Waals surface area contributed by atoms with E-state index in [1.54, 1.807) is 17.1 Å². The number of pyridine rings is 1. The fourth-order valence-corrected chi connectivity index (χ4v) is 2.74. The van der Waals surface area contributed by atoms with Crippen molar-refractivity contribution in [3.8, 4) is 11.3 Å². The SMILES string of the molecule is Cn1cc(-c2ncccc2CNC(=O)C2CC=CCC2)cn1. The zero-order valence-corrected chi connectivity index (χ0v) is 12.7. The Labute approximate surface area is 130 Å². The maximum atomic E-state index is 12.2. The van der Waals surface area contributed by atoms with Crippen molar-refractivity contribution in [3.05, 3.63) is 48.4 Å². The van der Waals surface area contributed by atoms with Crippen LogP contribution in [0.1, 0.15) is 24.8 Å². The molecule has 1 aliphatic carbocycles. The summed E-state index contributed by atoms with van der Waals surface area (Å²) in [4.78, 5) is 16.7.